The molecule has 2 fully saturated rings. The Bertz CT molecular complexity index is 868. The second-order valence-corrected chi connectivity index (χ2v) is 8.90. The summed E-state index contributed by atoms with van der Waals surface area (Å²) in [4.78, 5) is 18.7. The Kier molecular flexibility index (Phi) is 3.79. The van der Waals surface area contributed by atoms with Gasteiger partial charge in [-0.15, -0.1) is 0 Å². The Morgan fingerprint density at radius 3 is 2.62 bits per heavy atom. The molecule has 24 heavy (non-hydrogen) atoms. The minimum absolute atomic E-state index is 0.00786. The molecule has 2 aliphatic rings. The van der Waals surface area contributed by atoms with Gasteiger partial charge in [-0.2, -0.15) is 5.10 Å². The van der Waals surface area contributed by atoms with Crippen LogP contribution in [0.4, 0.5) is 0 Å². The van der Waals surface area contributed by atoms with Crippen molar-refractivity contribution in [1.29, 1.82) is 0 Å². The molecule has 1 atom stereocenters. The molecule has 0 spiro atoms. The van der Waals surface area contributed by atoms with Crippen LogP contribution in [-0.2, 0) is 14.6 Å². The van der Waals surface area contributed by atoms with Crippen LogP contribution in [0.1, 0.15) is 30.9 Å². The predicted molar refractivity (Wildman–Crippen MR) is 88.3 cm³/mol. The monoisotopic (exact) mass is 348 g/mol. The first-order chi connectivity index (χ1) is 11.5. The number of rotatable bonds is 2. The lowest BCUT2D eigenvalue weighted by Gasteiger charge is -2.33. The number of sulfone groups is 1. The number of fused-ring (bicyclic) bond motifs is 1. The third-order valence-electron chi connectivity index (χ3n) is 5.13. The van der Waals surface area contributed by atoms with E-state index in [0.29, 0.717) is 25.4 Å². The summed E-state index contributed by atoms with van der Waals surface area (Å²) in [6, 6.07) is 3.87. The van der Waals surface area contributed by atoms with Crippen LogP contribution >= 0.6 is 0 Å². The SMILES string of the molecule is O=C([C@@H]1CCS(=O)(=O)C1)N1CCC(c2ccnc3ccnn23)CC1. The molecule has 8 heteroatoms. The molecule has 128 valence electrons. The Hall–Kier alpha value is -1.96. The highest BCUT2D eigenvalue weighted by Crippen LogP contribution is 2.30. The standard InChI is InChI=1S/C16H20N4O3S/c21-16(13-5-10-24(22,23)11-13)19-8-3-12(4-9-19)14-1-6-17-15-2-7-18-20(14)15/h1-2,6-7,12-13H,3-5,8-11H2/t13-/m1/s1. The average molecular weight is 348 g/mol. The van der Waals surface area contributed by atoms with Crippen molar-refractivity contribution in [2.24, 2.45) is 5.92 Å². The van der Waals surface area contributed by atoms with Gasteiger partial charge >= 0.3 is 0 Å². The average Bonchev–Trinajstić information content (AvgIpc) is 3.20. The number of hydrogen-bond acceptors (Lipinski definition) is 5. The number of likely N-dealkylation sites (tertiary alicyclic amines) is 1. The molecule has 0 saturated carbocycles. The summed E-state index contributed by atoms with van der Waals surface area (Å²) < 4.78 is 25.0. The maximum Gasteiger partial charge on any atom is 0.226 e. The molecule has 2 aliphatic heterocycles. The molecule has 4 rings (SSSR count). The van der Waals surface area contributed by atoms with E-state index in [2.05, 4.69) is 10.1 Å². The van der Waals surface area contributed by atoms with Crippen molar-refractivity contribution in [2.45, 2.75) is 25.2 Å². The van der Waals surface area contributed by atoms with E-state index in [0.717, 1.165) is 24.2 Å². The summed E-state index contributed by atoms with van der Waals surface area (Å²) in [6.45, 7) is 1.34. The second-order valence-electron chi connectivity index (χ2n) is 6.67. The van der Waals surface area contributed by atoms with Gasteiger partial charge in [0.2, 0.25) is 5.91 Å². The van der Waals surface area contributed by atoms with Gasteiger partial charge in [-0.05, 0) is 25.3 Å². The number of piperidine rings is 1. The molecule has 4 heterocycles. The van der Waals surface area contributed by atoms with Crippen LogP contribution in [0.5, 0.6) is 0 Å². The highest BCUT2D eigenvalue weighted by molar-refractivity contribution is 7.91. The molecule has 7 nitrogen and oxygen atoms in total. The van der Waals surface area contributed by atoms with Crippen LogP contribution < -0.4 is 0 Å². The first-order valence-corrected chi connectivity index (χ1v) is 10.1. The first-order valence-electron chi connectivity index (χ1n) is 8.31. The van der Waals surface area contributed by atoms with Crippen LogP contribution in [0.15, 0.2) is 24.5 Å². The number of nitrogens with zero attached hydrogens (tertiary/aromatic N) is 4. The minimum atomic E-state index is -3.02. The van der Waals surface area contributed by atoms with Crippen LogP contribution in [0, 0.1) is 5.92 Å². The van der Waals surface area contributed by atoms with Gasteiger partial charge < -0.3 is 4.90 Å². The zero-order chi connectivity index (χ0) is 16.7. The van der Waals surface area contributed by atoms with Crippen molar-refractivity contribution in [3.63, 3.8) is 0 Å². The summed E-state index contributed by atoms with van der Waals surface area (Å²) >= 11 is 0. The van der Waals surface area contributed by atoms with Crippen LogP contribution in [-0.4, -0.2) is 58.4 Å². The van der Waals surface area contributed by atoms with E-state index in [9.17, 15) is 13.2 Å². The van der Waals surface area contributed by atoms with E-state index in [4.69, 9.17) is 0 Å². The molecule has 2 aromatic heterocycles. The summed E-state index contributed by atoms with van der Waals surface area (Å²) in [5.41, 5.74) is 1.96. The van der Waals surface area contributed by atoms with Gasteiger partial charge in [0.05, 0.1) is 23.6 Å². The maximum atomic E-state index is 12.5. The minimum Gasteiger partial charge on any atom is -0.342 e. The van der Waals surface area contributed by atoms with Gasteiger partial charge in [0.15, 0.2) is 15.5 Å². The lowest BCUT2D eigenvalue weighted by atomic mass is 9.92. The molecule has 0 radical (unpaired) electrons. The third-order valence-corrected chi connectivity index (χ3v) is 6.89. The zero-order valence-electron chi connectivity index (χ0n) is 13.3. The van der Waals surface area contributed by atoms with E-state index >= 15 is 0 Å². The smallest absolute Gasteiger partial charge is 0.226 e. The molecule has 0 aliphatic carbocycles. The fourth-order valence-electron chi connectivity index (χ4n) is 3.81. The second kappa shape index (κ2) is 5.84. The Morgan fingerprint density at radius 2 is 1.92 bits per heavy atom. The van der Waals surface area contributed by atoms with Crippen molar-refractivity contribution < 1.29 is 13.2 Å². The lowest BCUT2D eigenvalue weighted by Crippen LogP contribution is -2.42. The third kappa shape index (κ3) is 2.79. The predicted octanol–water partition coefficient (Wildman–Crippen LogP) is 0.870. The number of amides is 1. The van der Waals surface area contributed by atoms with Crippen molar-refractivity contribution >= 4 is 21.4 Å². The van der Waals surface area contributed by atoms with Gasteiger partial charge in [-0.25, -0.2) is 17.9 Å². The van der Waals surface area contributed by atoms with E-state index < -0.39 is 9.84 Å². The topological polar surface area (TPSA) is 84.6 Å². The van der Waals surface area contributed by atoms with Crippen LogP contribution in [0.2, 0.25) is 0 Å². The molecule has 2 saturated heterocycles. The van der Waals surface area contributed by atoms with Gasteiger partial charge in [0.25, 0.3) is 0 Å². The first kappa shape index (κ1) is 15.6. The molecule has 0 aromatic carbocycles. The van der Waals surface area contributed by atoms with Crippen molar-refractivity contribution in [3.8, 4) is 0 Å². The van der Waals surface area contributed by atoms with Crippen LogP contribution in [0.25, 0.3) is 5.65 Å². The number of hydrogen-bond donors (Lipinski definition) is 0. The fraction of sp³-hybridized carbons (Fsp3) is 0.562. The van der Waals surface area contributed by atoms with E-state index in [1.54, 1.807) is 12.4 Å². The number of aromatic nitrogens is 3. The van der Waals surface area contributed by atoms with Gasteiger partial charge in [0, 0.05) is 37.0 Å². The molecule has 0 bridgehead atoms. The van der Waals surface area contributed by atoms with Crippen LogP contribution in [0.3, 0.4) is 0 Å². The van der Waals surface area contributed by atoms with Crippen molar-refractivity contribution in [1.82, 2.24) is 19.5 Å². The highest BCUT2D eigenvalue weighted by Gasteiger charge is 2.36. The Labute approximate surface area is 140 Å². The number of carbonyl (C=O) groups excluding carboxylic acids is 1. The van der Waals surface area contributed by atoms with Gasteiger partial charge in [-0.3, -0.25) is 4.79 Å². The quantitative estimate of drug-likeness (QED) is 0.804. The summed E-state index contributed by atoms with van der Waals surface area (Å²) in [7, 11) is -3.02. The van der Waals surface area contributed by atoms with E-state index in [1.807, 2.05) is 21.5 Å². The molecule has 0 unspecified atom stereocenters. The Morgan fingerprint density at radius 1 is 1.12 bits per heavy atom. The molecular formula is C16H20N4O3S. The molecule has 1 amide bonds. The molecular weight excluding hydrogens is 328 g/mol. The number of carbonyl (C=O) groups is 1. The molecule has 0 N–H and O–H groups in total. The van der Waals surface area contributed by atoms with Gasteiger partial charge in [-0.1, -0.05) is 0 Å². The lowest BCUT2D eigenvalue weighted by molar-refractivity contribution is -0.135. The normalized spacial score (nSPS) is 24.5. The van der Waals surface area contributed by atoms with Gasteiger partial charge in [0.1, 0.15) is 0 Å². The maximum absolute atomic E-state index is 12.5. The highest BCUT2D eigenvalue weighted by atomic mass is 32.2. The van der Waals surface area contributed by atoms with E-state index in [1.165, 1.54) is 0 Å². The zero-order valence-corrected chi connectivity index (χ0v) is 14.2. The largest absolute Gasteiger partial charge is 0.342 e. The fourth-order valence-corrected chi connectivity index (χ4v) is 5.54. The summed E-state index contributed by atoms with van der Waals surface area (Å²) in [5.74, 6) is 0.170. The van der Waals surface area contributed by atoms with Crippen molar-refractivity contribution in [2.75, 3.05) is 24.6 Å². The molecule has 2 aromatic rings. The Balaban J connectivity index is 1.44. The summed E-state index contributed by atoms with van der Waals surface area (Å²) in [5, 5.41) is 4.33. The van der Waals surface area contributed by atoms with E-state index in [-0.39, 0.29) is 23.3 Å². The van der Waals surface area contributed by atoms with Crippen molar-refractivity contribution in [3.05, 3.63) is 30.2 Å². The summed E-state index contributed by atoms with van der Waals surface area (Å²) in [6.07, 6.45) is 5.74.